The van der Waals surface area contributed by atoms with Crippen molar-refractivity contribution in [3.05, 3.63) is 66.2 Å². The second kappa shape index (κ2) is 7.67. The molecule has 0 radical (unpaired) electrons. The number of rotatable bonds is 6. The molecular formula is C20H19NO5S. The monoisotopic (exact) mass is 385 g/mol. The average molecular weight is 385 g/mol. The SMILES string of the molecule is CCOC(=O)c1ccc(NS(=O)(=O)c2ccc3cc(OC)ccc3c2)cc1. The Morgan fingerprint density at radius 2 is 1.63 bits per heavy atom. The zero-order valence-electron chi connectivity index (χ0n) is 14.9. The van der Waals surface area contributed by atoms with Crippen LogP contribution in [0.25, 0.3) is 10.8 Å². The first-order valence-electron chi connectivity index (χ1n) is 8.31. The Kier molecular flexibility index (Phi) is 5.32. The van der Waals surface area contributed by atoms with E-state index in [-0.39, 0.29) is 11.5 Å². The van der Waals surface area contributed by atoms with Crippen LogP contribution in [-0.2, 0) is 14.8 Å². The van der Waals surface area contributed by atoms with Crippen molar-refractivity contribution in [3.63, 3.8) is 0 Å². The molecule has 0 fully saturated rings. The third-order valence-electron chi connectivity index (χ3n) is 3.98. The van der Waals surface area contributed by atoms with Crippen molar-refractivity contribution in [1.82, 2.24) is 0 Å². The lowest BCUT2D eigenvalue weighted by molar-refractivity contribution is 0.0526. The summed E-state index contributed by atoms with van der Waals surface area (Å²) in [5.74, 6) is 0.259. The maximum Gasteiger partial charge on any atom is 0.338 e. The van der Waals surface area contributed by atoms with Crippen LogP contribution in [-0.4, -0.2) is 28.1 Å². The maximum atomic E-state index is 12.7. The highest BCUT2D eigenvalue weighted by Crippen LogP contribution is 2.25. The van der Waals surface area contributed by atoms with Gasteiger partial charge in [-0.05, 0) is 66.2 Å². The van der Waals surface area contributed by atoms with Gasteiger partial charge in [-0.25, -0.2) is 13.2 Å². The first-order valence-corrected chi connectivity index (χ1v) is 9.79. The highest BCUT2D eigenvalue weighted by atomic mass is 32.2. The molecule has 0 bridgehead atoms. The number of fused-ring (bicyclic) bond motifs is 1. The second-order valence-corrected chi connectivity index (χ2v) is 7.46. The van der Waals surface area contributed by atoms with Crippen LogP contribution in [0.5, 0.6) is 5.75 Å². The van der Waals surface area contributed by atoms with Gasteiger partial charge in [-0.1, -0.05) is 12.1 Å². The first-order chi connectivity index (χ1) is 12.9. The van der Waals surface area contributed by atoms with Crippen LogP contribution in [0.4, 0.5) is 5.69 Å². The molecule has 0 heterocycles. The molecule has 0 amide bonds. The quantitative estimate of drug-likeness (QED) is 0.652. The Labute approximate surface area is 157 Å². The molecule has 0 aliphatic rings. The summed E-state index contributed by atoms with van der Waals surface area (Å²) < 4.78 is 37.9. The normalized spacial score (nSPS) is 11.2. The summed E-state index contributed by atoms with van der Waals surface area (Å²) in [6.45, 7) is 2.00. The van der Waals surface area contributed by atoms with Gasteiger partial charge in [0.05, 0.1) is 24.2 Å². The van der Waals surface area contributed by atoms with Crippen LogP contribution in [0, 0.1) is 0 Å². The molecule has 1 N–H and O–H groups in total. The standard InChI is InChI=1S/C20H19NO5S/c1-3-26-20(22)14-4-8-17(9-5-14)21-27(23,24)19-11-7-15-12-18(25-2)10-6-16(15)13-19/h4-13,21H,3H2,1-2H3. The van der Waals surface area contributed by atoms with Gasteiger partial charge in [0, 0.05) is 5.69 Å². The van der Waals surface area contributed by atoms with E-state index in [1.54, 1.807) is 38.3 Å². The van der Waals surface area contributed by atoms with Gasteiger partial charge in [-0.2, -0.15) is 0 Å². The fourth-order valence-electron chi connectivity index (χ4n) is 2.60. The van der Waals surface area contributed by atoms with Crippen LogP contribution in [0.15, 0.2) is 65.6 Å². The largest absolute Gasteiger partial charge is 0.497 e. The average Bonchev–Trinajstić information content (AvgIpc) is 2.67. The number of carbonyl (C=O) groups is 1. The predicted octanol–water partition coefficient (Wildman–Crippen LogP) is 3.83. The minimum Gasteiger partial charge on any atom is -0.497 e. The lowest BCUT2D eigenvalue weighted by atomic mass is 10.1. The molecule has 6 nitrogen and oxygen atoms in total. The predicted molar refractivity (Wildman–Crippen MR) is 104 cm³/mol. The van der Waals surface area contributed by atoms with Crippen molar-refractivity contribution < 1.29 is 22.7 Å². The van der Waals surface area contributed by atoms with Crippen molar-refractivity contribution in [2.75, 3.05) is 18.4 Å². The van der Waals surface area contributed by atoms with Crippen LogP contribution < -0.4 is 9.46 Å². The number of esters is 1. The number of methoxy groups -OCH3 is 1. The Hall–Kier alpha value is -3.06. The summed E-state index contributed by atoms with van der Waals surface area (Å²) in [6.07, 6.45) is 0. The number of anilines is 1. The molecule has 3 aromatic carbocycles. The number of ether oxygens (including phenoxy) is 2. The molecule has 0 saturated heterocycles. The van der Waals surface area contributed by atoms with Crippen molar-refractivity contribution in [2.45, 2.75) is 11.8 Å². The zero-order valence-corrected chi connectivity index (χ0v) is 15.7. The smallest absolute Gasteiger partial charge is 0.338 e. The Morgan fingerprint density at radius 3 is 2.30 bits per heavy atom. The van der Waals surface area contributed by atoms with Crippen molar-refractivity contribution in [3.8, 4) is 5.75 Å². The van der Waals surface area contributed by atoms with Crippen LogP contribution in [0.3, 0.4) is 0 Å². The minimum atomic E-state index is -3.76. The van der Waals surface area contributed by atoms with E-state index in [0.717, 1.165) is 10.8 Å². The van der Waals surface area contributed by atoms with Gasteiger partial charge in [-0.15, -0.1) is 0 Å². The summed E-state index contributed by atoms with van der Waals surface area (Å²) in [5.41, 5.74) is 0.720. The third kappa shape index (κ3) is 4.20. The summed E-state index contributed by atoms with van der Waals surface area (Å²) in [4.78, 5) is 11.8. The number of hydrogen-bond acceptors (Lipinski definition) is 5. The number of carbonyl (C=O) groups excluding carboxylic acids is 1. The summed E-state index contributed by atoms with van der Waals surface area (Å²) >= 11 is 0. The minimum absolute atomic E-state index is 0.148. The Morgan fingerprint density at radius 1 is 0.963 bits per heavy atom. The van der Waals surface area contributed by atoms with E-state index < -0.39 is 16.0 Å². The Bertz CT molecular complexity index is 1080. The number of sulfonamides is 1. The van der Waals surface area contributed by atoms with Crippen LogP contribution in [0.2, 0.25) is 0 Å². The second-order valence-electron chi connectivity index (χ2n) is 5.78. The molecule has 0 aliphatic heterocycles. The highest BCUT2D eigenvalue weighted by Gasteiger charge is 2.15. The summed E-state index contributed by atoms with van der Waals surface area (Å²) in [7, 11) is -2.18. The van der Waals surface area contributed by atoms with Gasteiger partial charge < -0.3 is 9.47 Å². The topological polar surface area (TPSA) is 81.7 Å². The van der Waals surface area contributed by atoms with Gasteiger partial charge in [0.1, 0.15) is 5.75 Å². The molecule has 3 aromatic rings. The molecule has 0 aliphatic carbocycles. The summed E-state index contributed by atoms with van der Waals surface area (Å²) in [5, 5.41) is 1.67. The lowest BCUT2D eigenvalue weighted by Crippen LogP contribution is -2.13. The van der Waals surface area contributed by atoms with E-state index in [1.165, 1.54) is 30.3 Å². The molecule has 3 rings (SSSR count). The van der Waals surface area contributed by atoms with Gasteiger partial charge in [-0.3, -0.25) is 4.72 Å². The number of benzene rings is 3. The Balaban J connectivity index is 1.84. The molecular weight excluding hydrogens is 366 g/mol. The van der Waals surface area contributed by atoms with Crippen LogP contribution in [0.1, 0.15) is 17.3 Å². The highest BCUT2D eigenvalue weighted by molar-refractivity contribution is 7.92. The van der Waals surface area contributed by atoms with Gasteiger partial charge >= 0.3 is 5.97 Å². The zero-order chi connectivity index (χ0) is 19.4. The third-order valence-corrected chi connectivity index (χ3v) is 5.36. The molecule has 27 heavy (non-hydrogen) atoms. The molecule has 0 saturated carbocycles. The first kappa shape index (κ1) is 18.7. The molecule has 0 spiro atoms. The van der Waals surface area contributed by atoms with E-state index in [2.05, 4.69) is 4.72 Å². The van der Waals surface area contributed by atoms with E-state index in [0.29, 0.717) is 17.0 Å². The van der Waals surface area contributed by atoms with E-state index in [4.69, 9.17) is 9.47 Å². The molecule has 0 unspecified atom stereocenters. The van der Waals surface area contributed by atoms with Crippen molar-refractivity contribution >= 4 is 32.5 Å². The van der Waals surface area contributed by atoms with Crippen molar-refractivity contribution in [1.29, 1.82) is 0 Å². The van der Waals surface area contributed by atoms with Crippen LogP contribution >= 0.6 is 0 Å². The molecule has 0 atom stereocenters. The van der Waals surface area contributed by atoms with E-state index >= 15 is 0 Å². The lowest BCUT2D eigenvalue weighted by Gasteiger charge is -2.10. The summed E-state index contributed by atoms with van der Waals surface area (Å²) in [6, 6.07) is 16.4. The molecule has 140 valence electrons. The fourth-order valence-corrected chi connectivity index (χ4v) is 3.69. The van der Waals surface area contributed by atoms with E-state index in [1.807, 2.05) is 6.07 Å². The maximum absolute atomic E-state index is 12.7. The van der Waals surface area contributed by atoms with E-state index in [9.17, 15) is 13.2 Å². The molecule has 7 heteroatoms. The van der Waals surface area contributed by atoms with Gasteiger partial charge in [0.25, 0.3) is 10.0 Å². The number of hydrogen-bond donors (Lipinski definition) is 1. The molecule has 0 aromatic heterocycles. The number of nitrogens with one attached hydrogen (secondary N) is 1. The van der Waals surface area contributed by atoms with Gasteiger partial charge in [0.15, 0.2) is 0 Å². The van der Waals surface area contributed by atoms with Gasteiger partial charge in [0.2, 0.25) is 0 Å². The van der Waals surface area contributed by atoms with Crippen molar-refractivity contribution in [2.24, 2.45) is 0 Å². The fraction of sp³-hybridized carbons (Fsp3) is 0.150.